The maximum absolute atomic E-state index is 12.2. The highest BCUT2D eigenvalue weighted by atomic mass is 35.5. The third-order valence-electron chi connectivity index (χ3n) is 3.44. The summed E-state index contributed by atoms with van der Waals surface area (Å²) in [5.74, 6) is 0.688. The summed E-state index contributed by atoms with van der Waals surface area (Å²) in [5, 5.41) is 1.29. The van der Waals surface area contributed by atoms with Crippen molar-refractivity contribution in [3.8, 4) is 0 Å². The van der Waals surface area contributed by atoms with Crippen LogP contribution in [0.2, 0.25) is 5.15 Å². The van der Waals surface area contributed by atoms with Gasteiger partial charge in [-0.15, -0.1) is 0 Å². The van der Waals surface area contributed by atoms with Gasteiger partial charge in [-0.25, -0.2) is 4.98 Å². The standard InChI is InChI=1S/C16H14ClN3O/c1-2-15-19-14(17)9-16(21)20(15)10-11-7-8-18-13-6-4-3-5-12(11)13/h3-9H,2,10H2,1H3. The fourth-order valence-corrected chi connectivity index (χ4v) is 2.62. The molecular weight excluding hydrogens is 286 g/mol. The average Bonchev–Trinajstić information content (AvgIpc) is 2.50. The van der Waals surface area contributed by atoms with Crippen LogP contribution in [0.25, 0.3) is 10.9 Å². The number of aryl methyl sites for hydroxylation is 1. The molecule has 21 heavy (non-hydrogen) atoms. The highest BCUT2D eigenvalue weighted by Gasteiger charge is 2.09. The first-order valence-corrected chi connectivity index (χ1v) is 7.15. The molecule has 0 saturated carbocycles. The van der Waals surface area contributed by atoms with Crippen molar-refractivity contribution in [1.82, 2.24) is 14.5 Å². The van der Waals surface area contributed by atoms with Crippen molar-refractivity contribution in [2.45, 2.75) is 19.9 Å². The van der Waals surface area contributed by atoms with Gasteiger partial charge in [0.2, 0.25) is 0 Å². The molecular formula is C16H14ClN3O. The molecule has 0 aliphatic heterocycles. The zero-order valence-electron chi connectivity index (χ0n) is 11.6. The van der Waals surface area contributed by atoms with E-state index in [4.69, 9.17) is 11.6 Å². The molecule has 0 fully saturated rings. The first kappa shape index (κ1) is 13.8. The number of benzene rings is 1. The fraction of sp³-hybridized carbons (Fsp3) is 0.188. The van der Waals surface area contributed by atoms with E-state index < -0.39 is 0 Å². The van der Waals surface area contributed by atoms with Gasteiger partial charge in [-0.3, -0.25) is 14.3 Å². The van der Waals surface area contributed by atoms with Crippen molar-refractivity contribution in [2.75, 3.05) is 0 Å². The van der Waals surface area contributed by atoms with Crippen LogP contribution in [0.1, 0.15) is 18.3 Å². The number of nitrogens with zero attached hydrogens (tertiary/aromatic N) is 3. The Morgan fingerprint density at radius 3 is 2.86 bits per heavy atom. The molecule has 106 valence electrons. The lowest BCUT2D eigenvalue weighted by Crippen LogP contribution is -2.24. The second-order valence-electron chi connectivity index (χ2n) is 4.76. The first-order chi connectivity index (χ1) is 10.2. The molecule has 3 aromatic rings. The molecule has 0 aliphatic carbocycles. The Balaban J connectivity index is 2.13. The highest BCUT2D eigenvalue weighted by Crippen LogP contribution is 2.17. The minimum atomic E-state index is -0.132. The van der Waals surface area contributed by atoms with Crippen molar-refractivity contribution in [3.05, 3.63) is 69.5 Å². The third-order valence-corrected chi connectivity index (χ3v) is 3.63. The minimum absolute atomic E-state index is 0.132. The van der Waals surface area contributed by atoms with Crippen LogP contribution in [0.5, 0.6) is 0 Å². The van der Waals surface area contributed by atoms with Gasteiger partial charge in [0, 0.05) is 24.1 Å². The molecule has 5 heteroatoms. The predicted octanol–water partition coefficient (Wildman–Crippen LogP) is 3.06. The summed E-state index contributed by atoms with van der Waals surface area (Å²) >= 11 is 5.86. The summed E-state index contributed by atoms with van der Waals surface area (Å²) in [5.41, 5.74) is 1.83. The number of rotatable bonds is 3. The molecule has 0 saturated heterocycles. The predicted molar refractivity (Wildman–Crippen MR) is 83.7 cm³/mol. The zero-order chi connectivity index (χ0) is 14.8. The van der Waals surface area contributed by atoms with Gasteiger partial charge in [0.15, 0.2) is 0 Å². The van der Waals surface area contributed by atoms with Crippen LogP contribution in [0.4, 0.5) is 0 Å². The van der Waals surface area contributed by atoms with Gasteiger partial charge in [0.25, 0.3) is 5.56 Å². The van der Waals surface area contributed by atoms with E-state index >= 15 is 0 Å². The van der Waals surface area contributed by atoms with Crippen LogP contribution >= 0.6 is 11.6 Å². The summed E-state index contributed by atoms with van der Waals surface area (Å²) in [6, 6.07) is 11.2. The van der Waals surface area contributed by atoms with Gasteiger partial charge < -0.3 is 0 Å². The van der Waals surface area contributed by atoms with E-state index in [-0.39, 0.29) is 10.7 Å². The highest BCUT2D eigenvalue weighted by molar-refractivity contribution is 6.29. The lowest BCUT2D eigenvalue weighted by molar-refractivity contribution is 0.677. The monoisotopic (exact) mass is 299 g/mol. The molecule has 0 N–H and O–H groups in total. The molecule has 3 rings (SSSR count). The van der Waals surface area contributed by atoms with E-state index in [9.17, 15) is 4.79 Å². The van der Waals surface area contributed by atoms with E-state index in [0.717, 1.165) is 16.5 Å². The minimum Gasteiger partial charge on any atom is -0.292 e. The van der Waals surface area contributed by atoms with Gasteiger partial charge >= 0.3 is 0 Å². The Bertz CT molecular complexity index is 852. The molecule has 0 spiro atoms. The van der Waals surface area contributed by atoms with Crippen LogP contribution in [-0.4, -0.2) is 14.5 Å². The molecule has 0 unspecified atom stereocenters. The number of hydrogen-bond acceptors (Lipinski definition) is 3. The Morgan fingerprint density at radius 1 is 1.24 bits per heavy atom. The topological polar surface area (TPSA) is 47.8 Å². The van der Waals surface area contributed by atoms with Crippen LogP contribution in [0.3, 0.4) is 0 Å². The number of hydrogen-bond donors (Lipinski definition) is 0. The van der Waals surface area contributed by atoms with E-state index in [1.165, 1.54) is 6.07 Å². The molecule has 0 radical (unpaired) electrons. The van der Waals surface area contributed by atoms with Crippen LogP contribution in [0, 0.1) is 0 Å². The quantitative estimate of drug-likeness (QED) is 0.698. The molecule has 0 bridgehead atoms. The molecule has 4 nitrogen and oxygen atoms in total. The van der Waals surface area contributed by atoms with Crippen molar-refractivity contribution >= 4 is 22.5 Å². The number of halogens is 1. The van der Waals surface area contributed by atoms with Gasteiger partial charge in [-0.2, -0.15) is 0 Å². The summed E-state index contributed by atoms with van der Waals surface area (Å²) in [6.07, 6.45) is 2.41. The number of fused-ring (bicyclic) bond motifs is 1. The average molecular weight is 300 g/mol. The maximum atomic E-state index is 12.2. The lowest BCUT2D eigenvalue weighted by Gasteiger charge is -2.12. The van der Waals surface area contributed by atoms with Crippen molar-refractivity contribution < 1.29 is 0 Å². The summed E-state index contributed by atoms with van der Waals surface area (Å²) in [4.78, 5) is 20.8. The molecule has 2 aromatic heterocycles. The molecule has 1 aromatic carbocycles. The SMILES string of the molecule is CCc1nc(Cl)cc(=O)n1Cc1ccnc2ccccc12. The Hall–Kier alpha value is -2.20. The smallest absolute Gasteiger partial charge is 0.255 e. The summed E-state index contributed by atoms with van der Waals surface area (Å²) in [7, 11) is 0. The molecule has 0 atom stereocenters. The maximum Gasteiger partial charge on any atom is 0.255 e. The Labute approximate surface area is 127 Å². The largest absolute Gasteiger partial charge is 0.292 e. The van der Waals surface area contributed by atoms with Crippen molar-refractivity contribution in [1.29, 1.82) is 0 Å². The van der Waals surface area contributed by atoms with E-state index in [1.54, 1.807) is 10.8 Å². The van der Waals surface area contributed by atoms with Crippen LogP contribution < -0.4 is 5.56 Å². The van der Waals surface area contributed by atoms with E-state index in [0.29, 0.717) is 18.8 Å². The number of pyridine rings is 1. The summed E-state index contributed by atoms with van der Waals surface area (Å²) < 4.78 is 1.66. The van der Waals surface area contributed by atoms with E-state index in [1.807, 2.05) is 37.3 Å². The normalized spacial score (nSPS) is 11.0. The van der Waals surface area contributed by atoms with Gasteiger partial charge in [0.05, 0.1) is 12.1 Å². The van der Waals surface area contributed by atoms with Gasteiger partial charge in [-0.05, 0) is 17.7 Å². The van der Waals surface area contributed by atoms with Gasteiger partial charge in [-0.1, -0.05) is 36.7 Å². The van der Waals surface area contributed by atoms with E-state index in [2.05, 4.69) is 9.97 Å². The Kier molecular flexibility index (Phi) is 3.71. The van der Waals surface area contributed by atoms with Crippen molar-refractivity contribution in [3.63, 3.8) is 0 Å². The summed E-state index contributed by atoms with van der Waals surface area (Å²) in [6.45, 7) is 2.43. The van der Waals surface area contributed by atoms with Crippen molar-refractivity contribution in [2.24, 2.45) is 0 Å². The zero-order valence-corrected chi connectivity index (χ0v) is 12.3. The number of para-hydroxylation sites is 1. The molecule has 0 aliphatic rings. The molecule has 0 amide bonds. The molecule has 2 heterocycles. The van der Waals surface area contributed by atoms with Crippen LogP contribution in [-0.2, 0) is 13.0 Å². The third kappa shape index (κ3) is 2.67. The fourth-order valence-electron chi connectivity index (χ4n) is 2.43. The number of aromatic nitrogens is 3. The van der Waals surface area contributed by atoms with Crippen LogP contribution in [0.15, 0.2) is 47.4 Å². The lowest BCUT2D eigenvalue weighted by atomic mass is 10.1. The second kappa shape index (κ2) is 5.66. The first-order valence-electron chi connectivity index (χ1n) is 6.78. The van der Waals surface area contributed by atoms with Gasteiger partial charge in [0.1, 0.15) is 11.0 Å². The second-order valence-corrected chi connectivity index (χ2v) is 5.15. The Morgan fingerprint density at radius 2 is 2.05 bits per heavy atom.